The number of aliphatic hydroxyl groups is 1. The molecule has 0 fully saturated rings. The molecule has 2 nitrogen and oxygen atoms in total. The highest BCUT2D eigenvalue weighted by atomic mass is 79.9. The number of rotatable bonds is 4. The zero-order chi connectivity index (χ0) is 9.84. The minimum Gasteiger partial charge on any atom is -0.385 e. The molecule has 72 valence electrons. The fraction of sp³-hybridized carbons (Fsp3) is 0.444. The van der Waals surface area contributed by atoms with Crippen molar-refractivity contribution < 1.29 is 9.90 Å². The van der Waals surface area contributed by atoms with Crippen LogP contribution < -0.4 is 0 Å². The highest BCUT2D eigenvalue weighted by Gasteiger charge is 2.14. The van der Waals surface area contributed by atoms with Gasteiger partial charge in [0.25, 0.3) is 0 Å². The van der Waals surface area contributed by atoms with Crippen LogP contribution in [0.15, 0.2) is 15.9 Å². The zero-order valence-electron chi connectivity index (χ0n) is 7.29. The highest BCUT2D eigenvalue weighted by Crippen LogP contribution is 2.23. The quantitative estimate of drug-likeness (QED) is 0.905. The smallest absolute Gasteiger partial charge is 0.166 e. The Morgan fingerprint density at radius 3 is 2.92 bits per heavy atom. The largest absolute Gasteiger partial charge is 0.385 e. The second kappa shape index (κ2) is 4.88. The Hall–Kier alpha value is -0.190. The number of thiophene rings is 1. The maximum absolute atomic E-state index is 11.3. The van der Waals surface area contributed by atoms with Gasteiger partial charge < -0.3 is 5.11 Å². The molecule has 1 aromatic heterocycles. The molecule has 4 heteroatoms. The van der Waals surface area contributed by atoms with Crippen molar-refractivity contribution in [3.05, 3.63) is 20.8 Å². The van der Waals surface area contributed by atoms with Crippen LogP contribution in [0.25, 0.3) is 0 Å². The molecule has 0 aromatic carbocycles. The Balaban J connectivity index is 2.60. The third-order valence-corrected chi connectivity index (χ3v) is 3.71. The number of ketones is 1. The zero-order valence-corrected chi connectivity index (χ0v) is 9.69. The fourth-order valence-electron chi connectivity index (χ4n) is 0.955. The van der Waals surface area contributed by atoms with Crippen molar-refractivity contribution in [3.8, 4) is 0 Å². The van der Waals surface area contributed by atoms with Crippen LogP contribution in [-0.4, -0.2) is 17.0 Å². The SMILES string of the molecule is CCC(O)C(=O)Cc1sccc1Br. The molecular formula is C9H11BrO2S. The van der Waals surface area contributed by atoms with Gasteiger partial charge in [0, 0.05) is 15.8 Å². The molecule has 0 aliphatic heterocycles. The van der Waals surface area contributed by atoms with Crippen LogP contribution in [0.4, 0.5) is 0 Å². The summed E-state index contributed by atoms with van der Waals surface area (Å²) in [5.41, 5.74) is 0. The molecule has 1 unspecified atom stereocenters. The van der Waals surface area contributed by atoms with Crippen LogP contribution in [0.5, 0.6) is 0 Å². The van der Waals surface area contributed by atoms with E-state index in [1.165, 1.54) is 11.3 Å². The monoisotopic (exact) mass is 262 g/mol. The van der Waals surface area contributed by atoms with E-state index in [-0.39, 0.29) is 5.78 Å². The molecule has 1 N–H and O–H groups in total. The molecule has 0 saturated carbocycles. The Labute approximate surface area is 89.7 Å². The first-order valence-electron chi connectivity index (χ1n) is 4.07. The molecule has 0 amide bonds. The second-order valence-electron chi connectivity index (χ2n) is 2.76. The highest BCUT2D eigenvalue weighted by molar-refractivity contribution is 9.10. The molecule has 1 heterocycles. The molecular weight excluding hydrogens is 252 g/mol. The summed E-state index contributed by atoms with van der Waals surface area (Å²) in [6.07, 6.45) is 0.00346. The van der Waals surface area contributed by atoms with Crippen molar-refractivity contribution in [3.63, 3.8) is 0 Å². The van der Waals surface area contributed by atoms with Crippen LogP contribution in [-0.2, 0) is 11.2 Å². The molecule has 0 spiro atoms. The Kier molecular flexibility index (Phi) is 4.09. The van der Waals surface area contributed by atoms with Gasteiger partial charge >= 0.3 is 0 Å². The van der Waals surface area contributed by atoms with Gasteiger partial charge in [-0.15, -0.1) is 11.3 Å². The van der Waals surface area contributed by atoms with Crippen LogP contribution in [0, 0.1) is 0 Å². The van der Waals surface area contributed by atoms with Gasteiger partial charge in [-0.05, 0) is 33.8 Å². The lowest BCUT2D eigenvalue weighted by molar-refractivity contribution is -0.126. The van der Waals surface area contributed by atoms with E-state index in [1.54, 1.807) is 6.92 Å². The summed E-state index contributed by atoms with van der Waals surface area (Å²) < 4.78 is 0.953. The normalized spacial score (nSPS) is 12.8. The van der Waals surface area contributed by atoms with Crippen molar-refractivity contribution in [1.82, 2.24) is 0 Å². The summed E-state index contributed by atoms with van der Waals surface area (Å²) in [5, 5.41) is 11.2. The number of carbonyl (C=O) groups excluding carboxylic acids is 1. The molecule has 13 heavy (non-hydrogen) atoms. The molecule has 1 aromatic rings. The lowest BCUT2D eigenvalue weighted by Crippen LogP contribution is -2.20. The topological polar surface area (TPSA) is 37.3 Å². The maximum Gasteiger partial charge on any atom is 0.166 e. The average Bonchev–Trinajstić information content (AvgIpc) is 2.50. The van der Waals surface area contributed by atoms with Crippen LogP contribution in [0.2, 0.25) is 0 Å². The molecule has 1 atom stereocenters. The van der Waals surface area contributed by atoms with Gasteiger partial charge in [0.05, 0.1) is 0 Å². The van der Waals surface area contributed by atoms with Crippen molar-refractivity contribution in [2.75, 3.05) is 0 Å². The van der Waals surface area contributed by atoms with Gasteiger partial charge in [-0.25, -0.2) is 0 Å². The maximum atomic E-state index is 11.3. The molecule has 0 bridgehead atoms. The van der Waals surface area contributed by atoms with Gasteiger partial charge in [-0.1, -0.05) is 6.92 Å². The van der Waals surface area contributed by atoms with E-state index in [2.05, 4.69) is 15.9 Å². The number of carbonyl (C=O) groups is 1. The van der Waals surface area contributed by atoms with E-state index >= 15 is 0 Å². The minimum atomic E-state index is -0.811. The molecule has 0 aliphatic carbocycles. The molecule has 0 aliphatic rings. The predicted molar refractivity (Wildman–Crippen MR) is 57.0 cm³/mol. The van der Waals surface area contributed by atoms with Gasteiger partial charge in [0.1, 0.15) is 6.10 Å². The Bertz CT molecular complexity index is 296. The van der Waals surface area contributed by atoms with Gasteiger partial charge in [-0.3, -0.25) is 4.79 Å². The van der Waals surface area contributed by atoms with Crippen molar-refractivity contribution in [2.45, 2.75) is 25.9 Å². The Morgan fingerprint density at radius 2 is 2.46 bits per heavy atom. The summed E-state index contributed by atoms with van der Waals surface area (Å²) in [7, 11) is 0. The van der Waals surface area contributed by atoms with E-state index in [4.69, 9.17) is 0 Å². The summed E-state index contributed by atoms with van der Waals surface area (Å²) in [5.74, 6) is -0.106. The number of Topliss-reactive ketones (excluding diaryl/α,β-unsaturated/α-hetero) is 1. The lowest BCUT2D eigenvalue weighted by Gasteiger charge is -2.04. The molecule has 1 rings (SSSR count). The van der Waals surface area contributed by atoms with Crippen LogP contribution >= 0.6 is 27.3 Å². The van der Waals surface area contributed by atoms with Gasteiger partial charge in [0.15, 0.2) is 5.78 Å². The number of aliphatic hydroxyl groups excluding tert-OH is 1. The van der Waals surface area contributed by atoms with E-state index < -0.39 is 6.10 Å². The third-order valence-electron chi connectivity index (χ3n) is 1.78. The minimum absolute atomic E-state index is 0.106. The van der Waals surface area contributed by atoms with E-state index in [0.29, 0.717) is 12.8 Å². The predicted octanol–water partition coefficient (Wildman–Crippen LogP) is 2.39. The number of halogens is 1. The first-order valence-corrected chi connectivity index (χ1v) is 5.75. The van der Waals surface area contributed by atoms with Crippen molar-refractivity contribution in [1.29, 1.82) is 0 Å². The second-order valence-corrected chi connectivity index (χ2v) is 4.61. The first-order chi connectivity index (χ1) is 6.15. The summed E-state index contributed by atoms with van der Waals surface area (Å²) in [6.45, 7) is 1.80. The van der Waals surface area contributed by atoms with E-state index in [0.717, 1.165) is 9.35 Å². The summed E-state index contributed by atoms with van der Waals surface area (Å²) in [4.78, 5) is 12.3. The standard InChI is InChI=1S/C9H11BrO2S/c1-2-7(11)8(12)5-9-6(10)3-4-13-9/h3-4,7,11H,2,5H2,1H3. The summed E-state index contributed by atoms with van der Waals surface area (Å²) >= 11 is 4.87. The van der Waals surface area contributed by atoms with E-state index in [1.807, 2.05) is 11.4 Å². The lowest BCUT2D eigenvalue weighted by atomic mass is 10.1. The fourth-order valence-corrected chi connectivity index (χ4v) is 2.46. The number of hydrogen-bond donors (Lipinski definition) is 1. The van der Waals surface area contributed by atoms with E-state index in [9.17, 15) is 9.90 Å². The number of hydrogen-bond acceptors (Lipinski definition) is 3. The average molecular weight is 263 g/mol. The van der Waals surface area contributed by atoms with Crippen LogP contribution in [0.1, 0.15) is 18.2 Å². The van der Waals surface area contributed by atoms with Gasteiger partial charge in [-0.2, -0.15) is 0 Å². The van der Waals surface area contributed by atoms with Crippen molar-refractivity contribution in [2.24, 2.45) is 0 Å². The third kappa shape index (κ3) is 2.90. The first kappa shape index (κ1) is 10.9. The van der Waals surface area contributed by atoms with Crippen molar-refractivity contribution >= 4 is 33.0 Å². The van der Waals surface area contributed by atoms with Gasteiger partial charge in [0.2, 0.25) is 0 Å². The Morgan fingerprint density at radius 1 is 1.77 bits per heavy atom. The molecule has 0 saturated heterocycles. The molecule has 0 radical (unpaired) electrons. The van der Waals surface area contributed by atoms with Crippen LogP contribution in [0.3, 0.4) is 0 Å². The summed E-state index contributed by atoms with van der Waals surface area (Å²) in [6, 6.07) is 1.91.